The summed E-state index contributed by atoms with van der Waals surface area (Å²) < 4.78 is 1.10. The van der Waals surface area contributed by atoms with E-state index < -0.39 is 0 Å². The van der Waals surface area contributed by atoms with Crippen LogP contribution in [0.15, 0.2) is 40.2 Å². The van der Waals surface area contributed by atoms with Gasteiger partial charge in [-0.25, -0.2) is 0 Å². The van der Waals surface area contributed by atoms with Gasteiger partial charge in [-0.15, -0.1) is 11.3 Å². The highest BCUT2D eigenvalue weighted by Crippen LogP contribution is 2.32. The third-order valence-electron chi connectivity index (χ3n) is 3.40. The van der Waals surface area contributed by atoms with Crippen LogP contribution < -0.4 is 5.73 Å². The molecule has 0 aliphatic heterocycles. The Balaban J connectivity index is 2.22. The second-order valence-electron chi connectivity index (χ2n) is 4.59. The molecule has 2 aromatic rings. The molecule has 1 aromatic carbocycles. The van der Waals surface area contributed by atoms with Crippen LogP contribution in [0.2, 0.25) is 0 Å². The standard InChI is InChI=1S/C15H18BrNS/c1-3-10(2)11-4-6-12(7-5-11)14(17)15-13(16)8-9-18-15/h4-10,14H,3,17H2,1-2H3. The summed E-state index contributed by atoms with van der Waals surface area (Å²) in [6.07, 6.45) is 1.17. The summed E-state index contributed by atoms with van der Waals surface area (Å²) in [4.78, 5) is 1.19. The summed E-state index contributed by atoms with van der Waals surface area (Å²) in [5, 5.41) is 2.06. The molecule has 18 heavy (non-hydrogen) atoms. The molecule has 0 fully saturated rings. The van der Waals surface area contributed by atoms with Gasteiger partial charge >= 0.3 is 0 Å². The highest BCUT2D eigenvalue weighted by atomic mass is 79.9. The quantitative estimate of drug-likeness (QED) is 0.834. The second kappa shape index (κ2) is 6.00. The fourth-order valence-electron chi connectivity index (χ4n) is 1.95. The Morgan fingerprint density at radius 2 is 1.78 bits per heavy atom. The van der Waals surface area contributed by atoms with Crippen LogP contribution in [-0.2, 0) is 0 Å². The lowest BCUT2D eigenvalue weighted by atomic mass is 9.96. The van der Waals surface area contributed by atoms with E-state index in [0.29, 0.717) is 5.92 Å². The van der Waals surface area contributed by atoms with Crippen LogP contribution in [0.4, 0.5) is 0 Å². The molecule has 0 amide bonds. The highest BCUT2D eigenvalue weighted by molar-refractivity contribution is 9.10. The first-order chi connectivity index (χ1) is 8.63. The monoisotopic (exact) mass is 323 g/mol. The number of halogens is 1. The third-order valence-corrected chi connectivity index (χ3v) is 5.36. The van der Waals surface area contributed by atoms with Gasteiger partial charge in [0.1, 0.15) is 0 Å². The molecule has 3 heteroatoms. The molecule has 0 saturated heterocycles. The van der Waals surface area contributed by atoms with Gasteiger partial charge in [-0.1, -0.05) is 38.1 Å². The number of thiophene rings is 1. The van der Waals surface area contributed by atoms with Crippen molar-refractivity contribution in [2.75, 3.05) is 0 Å². The van der Waals surface area contributed by atoms with E-state index in [0.717, 1.165) is 4.47 Å². The summed E-state index contributed by atoms with van der Waals surface area (Å²) in [6, 6.07) is 10.7. The Morgan fingerprint density at radius 1 is 1.17 bits per heavy atom. The third kappa shape index (κ3) is 2.85. The maximum Gasteiger partial charge on any atom is 0.0657 e. The van der Waals surface area contributed by atoms with Crippen LogP contribution in [0.5, 0.6) is 0 Å². The van der Waals surface area contributed by atoms with Crippen LogP contribution in [0.1, 0.15) is 48.2 Å². The van der Waals surface area contributed by atoms with E-state index >= 15 is 0 Å². The summed E-state index contributed by atoms with van der Waals surface area (Å²) in [6.45, 7) is 4.47. The zero-order valence-electron chi connectivity index (χ0n) is 10.7. The Bertz CT molecular complexity index is 503. The SMILES string of the molecule is CCC(C)c1ccc(C(N)c2sccc2Br)cc1. The van der Waals surface area contributed by atoms with Gasteiger partial charge in [-0.3, -0.25) is 0 Å². The molecule has 96 valence electrons. The average molecular weight is 324 g/mol. The van der Waals surface area contributed by atoms with Crippen LogP contribution in [0.25, 0.3) is 0 Å². The van der Waals surface area contributed by atoms with Gasteiger partial charge in [0.05, 0.1) is 6.04 Å². The van der Waals surface area contributed by atoms with Gasteiger partial charge in [0, 0.05) is 9.35 Å². The predicted octanol–water partition coefficient (Wildman–Crippen LogP) is 5.07. The number of hydrogen-bond donors (Lipinski definition) is 1. The Morgan fingerprint density at radius 3 is 2.28 bits per heavy atom. The number of nitrogens with two attached hydrogens (primary N) is 1. The van der Waals surface area contributed by atoms with Crippen LogP contribution >= 0.6 is 27.3 Å². The lowest BCUT2D eigenvalue weighted by molar-refractivity contribution is 0.732. The molecule has 0 bridgehead atoms. The zero-order chi connectivity index (χ0) is 13.1. The van der Waals surface area contributed by atoms with Crippen LogP contribution in [-0.4, -0.2) is 0 Å². The molecule has 2 N–H and O–H groups in total. The van der Waals surface area contributed by atoms with Crippen molar-refractivity contribution < 1.29 is 0 Å². The van der Waals surface area contributed by atoms with E-state index in [-0.39, 0.29) is 6.04 Å². The van der Waals surface area contributed by atoms with Crippen molar-refractivity contribution >= 4 is 27.3 Å². The van der Waals surface area contributed by atoms with Crippen molar-refractivity contribution in [1.82, 2.24) is 0 Å². The molecular weight excluding hydrogens is 306 g/mol. The summed E-state index contributed by atoms with van der Waals surface area (Å²) in [7, 11) is 0. The molecule has 0 aliphatic carbocycles. The van der Waals surface area contributed by atoms with Crippen LogP contribution in [0.3, 0.4) is 0 Å². The number of hydrogen-bond acceptors (Lipinski definition) is 2. The van der Waals surface area contributed by atoms with Gasteiger partial charge in [-0.05, 0) is 50.8 Å². The van der Waals surface area contributed by atoms with Crippen molar-refractivity contribution in [1.29, 1.82) is 0 Å². The van der Waals surface area contributed by atoms with Gasteiger partial charge in [0.15, 0.2) is 0 Å². The van der Waals surface area contributed by atoms with Crippen molar-refractivity contribution in [3.8, 4) is 0 Å². The topological polar surface area (TPSA) is 26.0 Å². The maximum absolute atomic E-state index is 6.30. The van der Waals surface area contributed by atoms with E-state index in [9.17, 15) is 0 Å². The van der Waals surface area contributed by atoms with E-state index in [4.69, 9.17) is 5.73 Å². The summed E-state index contributed by atoms with van der Waals surface area (Å²) >= 11 is 5.24. The first kappa shape index (κ1) is 13.8. The fraction of sp³-hybridized carbons (Fsp3) is 0.333. The van der Waals surface area contributed by atoms with Gasteiger partial charge in [0.25, 0.3) is 0 Å². The van der Waals surface area contributed by atoms with Crippen molar-refractivity contribution in [3.63, 3.8) is 0 Å². The van der Waals surface area contributed by atoms with E-state index in [1.54, 1.807) is 11.3 Å². The molecule has 1 nitrogen and oxygen atoms in total. The minimum absolute atomic E-state index is 0.0367. The maximum atomic E-state index is 6.30. The Labute approximate surface area is 121 Å². The lowest BCUT2D eigenvalue weighted by Gasteiger charge is -2.14. The van der Waals surface area contributed by atoms with Crippen molar-refractivity contribution in [3.05, 3.63) is 56.2 Å². The van der Waals surface area contributed by atoms with Crippen LogP contribution in [0, 0.1) is 0 Å². The summed E-state index contributed by atoms with van der Waals surface area (Å²) in [5.74, 6) is 0.615. The number of benzene rings is 1. The first-order valence-corrected chi connectivity index (χ1v) is 7.89. The molecular formula is C15H18BrNS. The molecule has 0 aliphatic rings. The predicted molar refractivity (Wildman–Crippen MR) is 83.2 cm³/mol. The molecule has 2 rings (SSSR count). The molecule has 2 unspecified atom stereocenters. The second-order valence-corrected chi connectivity index (χ2v) is 6.39. The van der Waals surface area contributed by atoms with Gasteiger partial charge in [-0.2, -0.15) is 0 Å². The van der Waals surface area contributed by atoms with E-state index in [2.05, 4.69) is 59.4 Å². The largest absolute Gasteiger partial charge is 0.320 e. The van der Waals surface area contributed by atoms with Gasteiger partial charge < -0.3 is 5.73 Å². The molecule has 1 aromatic heterocycles. The molecule has 2 atom stereocenters. The van der Waals surface area contributed by atoms with Crippen molar-refractivity contribution in [2.45, 2.75) is 32.2 Å². The molecule has 1 heterocycles. The zero-order valence-corrected chi connectivity index (χ0v) is 13.1. The number of rotatable bonds is 4. The van der Waals surface area contributed by atoms with Gasteiger partial charge in [0.2, 0.25) is 0 Å². The van der Waals surface area contributed by atoms with E-state index in [1.165, 1.54) is 22.4 Å². The Kier molecular flexibility index (Phi) is 4.60. The summed E-state index contributed by atoms with van der Waals surface area (Å²) in [5.41, 5.74) is 8.86. The fourth-order valence-corrected chi connectivity index (χ4v) is 3.59. The average Bonchev–Trinajstić information content (AvgIpc) is 2.83. The minimum atomic E-state index is -0.0367. The highest BCUT2D eigenvalue weighted by Gasteiger charge is 2.13. The lowest BCUT2D eigenvalue weighted by Crippen LogP contribution is -2.10. The Hall–Kier alpha value is -0.640. The van der Waals surface area contributed by atoms with Crippen molar-refractivity contribution in [2.24, 2.45) is 5.73 Å². The molecule has 0 spiro atoms. The smallest absolute Gasteiger partial charge is 0.0657 e. The molecule has 0 radical (unpaired) electrons. The van der Waals surface area contributed by atoms with E-state index in [1.807, 2.05) is 6.07 Å². The molecule has 0 saturated carbocycles. The minimum Gasteiger partial charge on any atom is -0.320 e. The first-order valence-electron chi connectivity index (χ1n) is 6.21. The normalized spacial score (nSPS) is 14.4.